The van der Waals surface area contributed by atoms with Crippen molar-refractivity contribution in [2.24, 2.45) is 0 Å². The van der Waals surface area contributed by atoms with Gasteiger partial charge in [-0.05, 0) is 31.0 Å². The fourth-order valence-electron chi connectivity index (χ4n) is 1.92. The minimum atomic E-state index is -0.512. The van der Waals surface area contributed by atoms with Gasteiger partial charge in [0.15, 0.2) is 0 Å². The Bertz CT molecular complexity index is 363. The molecule has 0 saturated carbocycles. The molecule has 4 heteroatoms. The molecule has 0 amide bonds. The van der Waals surface area contributed by atoms with Crippen LogP contribution in [0.2, 0.25) is 10.0 Å². The van der Waals surface area contributed by atoms with E-state index in [0.717, 1.165) is 18.4 Å². The summed E-state index contributed by atoms with van der Waals surface area (Å²) in [6.45, 7) is 4.63. The first-order valence-corrected chi connectivity index (χ1v) is 7.07. The van der Waals surface area contributed by atoms with Crippen LogP contribution < -0.4 is 0 Å². The van der Waals surface area contributed by atoms with Crippen molar-refractivity contribution in [3.05, 3.63) is 33.8 Å². The zero-order chi connectivity index (χ0) is 13.5. The highest BCUT2D eigenvalue weighted by molar-refractivity contribution is 6.42. The number of benzene rings is 1. The third-order valence-electron chi connectivity index (χ3n) is 2.81. The number of hydrogen-bond acceptors (Lipinski definition) is 2. The smallest absolute Gasteiger partial charge is 0.0842 e. The highest BCUT2D eigenvalue weighted by Crippen LogP contribution is 2.24. The lowest BCUT2D eigenvalue weighted by atomic mass is 10.0. The molecular formula is C14H20Cl2O2. The van der Waals surface area contributed by atoms with Crippen molar-refractivity contribution < 1.29 is 9.84 Å². The molecule has 0 aliphatic carbocycles. The molecule has 0 fully saturated rings. The standard InChI is InChI=1S/C14H20Cl2O2/c1-3-5-14(18-4-2)13(17)9-10-6-7-11(15)12(16)8-10/h6-8,13-14,17H,3-5,9H2,1-2H3. The van der Waals surface area contributed by atoms with E-state index in [0.29, 0.717) is 23.1 Å². The summed E-state index contributed by atoms with van der Waals surface area (Å²) in [6.07, 6.45) is 1.75. The third kappa shape index (κ3) is 4.77. The first-order chi connectivity index (χ1) is 8.58. The molecular weight excluding hydrogens is 271 g/mol. The van der Waals surface area contributed by atoms with Gasteiger partial charge in [0.25, 0.3) is 0 Å². The summed E-state index contributed by atoms with van der Waals surface area (Å²) in [5.74, 6) is 0. The van der Waals surface area contributed by atoms with Crippen molar-refractivity contribution >= 4 is 23.2 Å². The number of halogens is 2. The van der Waals surface area contributed by atoms with E-state index < -0.39 is 6.10 Å². The maximum absolute atomic E-state index is 10.2. The van der Waals surface area contributed by atoms with Gasteiger partial charge in [-0.1, -0.05) is 42.6 Å². The zero-order valence-corrected chi connectivity index (χ0v) is 12.3. The Labute approximate surface area is 119 Å². The van der Waals surface area contributed by atoms with Gasteiger partial charge in [0.05, 0.1) is 22.3 Å². The van der Waals surface area contributed by atoms with E-state index in [-0.39, 0.29) is 6.10 Å². The molecule has 1 rings (SSSR count). The Morgan fingerprint density at radius 2 is 1.94 bits per heavy atom. The van der Waals surface area contributed by atoms with Crippen LogP contribution in [0.25, 0.3) is 0 Å². The van der Waals surface area contributed by atoms with Gasteiger partial charge in [0, 0.05) is 13.0 Å². The van der Waals surface area contributed by atoms with Gasteiger partial charge in [-0.2, -0.15) is 0 Å². The molecule has 0 aromatic heterocycles. The number of rotatable bonds is 7. The summed E-state index contributed by atoms with van der Waals surface area (Å²) in [5.41, 5.74) is 0.970. The predicted molar refractivity (Wildman–Crippen MR) is 76.5 cm³/mol. The fourth-order valence-corrected chi connectivity index (χ4v) is 2.25. The van der Waals surface area contributed by atoms with Crippen molar-refractivity contribution in [1.82, 2.24) is 0 Å². The Balaban J connectivity index is 2.66. The van der Waals surface area contributed by atoms with Crippen LogP contribution in [-0.4, -0.2) is 23.9 Å². The molecule has 0 spiro atoms. The van der Waals surface area contributed by atoms with Crippen molar-refractivity contribution in [3.63, 3.8) is 0 Å². The maximum Gasteiger partial charge on any atom is 0.0842 e. The molecule has 102 valence electrons. The van der Waals surface area contributed by atoms with Gasteiger partial charge in [0.2, 0.25) is 0 Å². The second-order valence-electron chi connectivity index (χ2n) is 4.30. The van der Waals surface area contributed by atoms with Crippen LogP contribution in [0.1, 0.15) is 32.3 Å². The van der Waals surface area contributed by atoms with Gasteiger partial charge in [-0.25, -0.2) is 0 Å². The van der Waals surface area contributed by atoms with E-state index in [1.165, 1.54) is 0 Å². The summed E-state index contributed by atoms with van der Waals surface area (Å²) in [4.78, 5) is 0. The Morgan fingerprint density at radius 3 is 2.50 bits per heavy atom. The van der Waals surface area contributed by atoms with Crippen LogP contribution >= 0.6 is 23.2 Å². The van der Waals surface area contributed by atoms with Crippen LogP contribution in [0, 0.1) is 0 Å². The quantitative estimate of drug-likeness (QED) is 0.819. The number of aliphatic hydroxyl groups excluding tert-OH is 1. The van der Waals surface area contributed by atoms with Gasteiger partial charge in [0.1, 0.15) is 0 Å². The topological polar surface area (TPSA) is 29.5 Å². The summed E-state index contributed by atoms with van der Waals surface area (Å²) in [7, 11) is 0. The molecule has 1 aromatic rings. The average Bonchev–Trinajstić information content (AvgIpc) is 2.33. The lowest BCUT2D eigenvalue weighted by molar-refractivity contribution is -0.0363. The third-order valence-corrected chi connectivity index (χ3v) is 3.55. The van der Waals surface area contributed by atoms with E-state index in [1.807, 2.05) is 13.0 Å². The minimum absolute atomic E-state index is 0.116. The molecule has 18 heavy (non-hydrogen) atoms. The monoisotopic (exact) mass is 290 g/mol. The SMILES string of the molecule is CCCC(OCC)C(O)Cc1ccc(Cl)c(Cl)c1. The van der Waals surface area contributed by atoms with Crippen molar-refractivity contribution in [1.29, 1.82) is 0 Å². The van der Waals surface area contributed by atoms with Crippen LogP contribution in [0.15, 0.2) is 18.2 Å². The van der Waals surface area contributed by atoms with Gasteiger partial charge < -0.3 is 9.84 Å². The Kier molecular flexibility index (Phi) is 7.02. The van der Waals surface area contributed by atoms with E-state index in [1.54, 1.807) is 12.1 Å². The molecule has 0 bridgehead atoms. The number of hydrogen-bond donors (Lipinski definition) is 1. The van der Waals surface area contributed by atoms with Gasteiger partial charge in [-0.3, -0.25) is 0 Å². The Morgan fingerprint density at radius 1 is 1.22 bits per heavy atom. The van der Waals surface area contributed by atoms with Gasteiger partial charge in [-0.15, -0.1) is 0 Å². The summed E-state index contributed by atoms with van der Waals surface area (Å²) >= 11 is 11.8. The molecule has 0 aliphatic rings. The van der Waals surface area contributed by atoms with Crippen LogP contribution in [0.4, 0.5) is 0 Å². The average molecular weight is 291 g/mol. The fraction of sp³-hybridized carbons (Fsp3) is 0.571. The first kappa shape index (κ1) is 15.8. The molecule has 0 heterocycles. The number of ether oxygens (including phenoxy) is 1. The predicted octanol–water partition coefficient (Wildman–Crippen LogP) is 4.10. The Hall–Kier alpha value is -0.280. The maximum atomic E-state index is 10.2. The van der Waals surface area contributed by atoms with E-state index in [9.17, 15) is 5.11 Å². The second-order valence-corrected chi connectivity index (χ2v) is 5.12. The number of aliphatic hydroxyl groups is 1. The lowest BCUT2D eigenvalue weighted by Crippen LogP contribution is -2.30. The van der Waals surface area contributed by atoms with Gasteiger partial charge >= 0.3 is 0 Å². The molecule has 1 aromatic carbocycles. The lowest BCUT2D eigenvalue weighted by Gasteiger charge is -2.22. The van der Waals surface area contributed by atoms with E-state index >= 15 is 0 Å². The molecule has 2 atom stereocenters. The van der Waals surface area contributed by atoms with E-state index in [2.05, 4.69) is 6.92 Å². The normalized spacial score (nSPS) is 14.5. The van der Waals surface area contributed by atoms with Crippen molar-refractivity contribution in [2.45, 2.75) is 45.3 Å². The van der Waals surface area contributed by atoms with Crippen molar-refractivity contribution in [2.75, 3.05) is 6.61 Å². The first-order valence-electron chi connectivity index (χ1n) is 6.32. The molecule has 2 nitrogen and oxygen atoms in total. The van der Waals surface area contributed by atoms with E-state index in [4.69, 9.17) is 27.9 Å². The molecule has 0 saturated heterocycles. The van der Waals surface area contributed by atoms with Crippen LogP contribution in [0.5, 0.6) is 0 Å². The molecule has 1 N–H and O–H groups in total. The largest absolute Gasteiger partial charge is 0.390 e. The molecule has 0 radical (unpaired) electrons. The molecule has 0 aliphatic heterocycles. The highest BCUT2D eigenvalue weighted by Gasteiger charge is 2.19. The second kappa shape index (κ2) is 8.00. The zero-order valence-electron chi connectivity index (χ0n) is 10.8. The molecule has 2 unspecified atom stereocenters. The summed E-state index contributed by atoms with van der Waals surface area (Å²) < 4.78 is 5.56. The van der Waals surface area contributed by atoms with Crippen molar-refractivity contribution in [3.8, 4) is 0 Å². The minimum Gasteiger partial charge on any atom is -0.390 e. The van der Waals surface area contributed by atoms with Crippen LogP contribution in [0.3, 0.4) is 0 Å². The van der Waals surface area contributed by atoms with Crippen LogP contribution in [-0.2, 0) is 11.2 Å². The highest BCUT2D eigenvalue weighted by atomic mass is 35.5. The summed E-state index contributed by atoms with van der Waals surface area (Å²) in [5, 5.41) is 11.2. The summed E-state index contributed by atoms with van der Waals surface area (Å²) in [6, 6.07) is 5.43.